The number of carbonyl (C=O) groups is 1. The molecule has 0 radical (unpaired) electrons. The summed E-state index contributed by atoms with van der Waals surface area (Å²) in [6.07, 6.45) is 1.03. The molecule has 2 aromatic rings. The summed E-state index contributed by atoms with van der Waals surface area (Å²) < 4.78 is 1.27. The van der Waals surface area contributed by atoms with Crippen LogP contribution in [-0.4, -0.2) is 41.9 Å². The maximum Gasteiger partial charge on any atom is 0.253 e. The lowest BCUT2D eigenvalue weighted by molar-refractivity contribution is 0.0761. The molecule has 0 aromatic heterocycles. The van der Waals surface area contributed by atoms with Crippen molar-refractivity contribution in [2.24, 2.45) is 0 Å². The third-order valence-corrected chi connectivity index (χ3v) is 5.14. The molecule has 0 N–H and O–H groups in total. The second kappa shape index (κ2) is 8.12. The van der Waals surface area contributed by atoms with Crippen LogP contribution in [0.25, 0.3) is 0 Å². The van der Waals surface area contributed by atoms with Crippen molar-refractivity contribution < 1.29 is 4.79 Å². The molecule has 1 aliphatic heterocycles. The number of hydrogen-bond donors (Lipinski definition) is 0. The third kappa shape index (κ3) is 4.57. The molecule has 0 spiro atoms. The lowest BCUT2D eigenvalue weighted by atomic mass is 10.1. The van der Waals surface area contributed by atoms with Gasteiger partial charge in [-0.25, -0.2) is 0 Å². The summed E-state index contributed by atoms with van der Waals surface area (Å²) in [5, 5.41) is 0. The molecule has 24 heavy (non-hydrogen) atoms. The Kier molecular flexibility index (Phi) is 5.89. The van der Waals surface area contributed by atoms with E-state index < -0.39 is 0 Å². The van der Waals surface area contributed by atoms with Crippen molar-refractivity contribution in [1.82, 2.24) is 9.80 Å². The van der Waals surface area contributed by atoms with Gasteiger partial charge in [0.25, 0.3) is 5.91 Å². The van der Waals surface area contributed by atoms with E-state index in [0.717, 1.165) is 44.7 Å². The zero-order valence-corrected chi connectivity index (χ0v) is 16.2. The molecule has 0 atom stereocenters. The topological polar surface area (TPSA) is 23.6 Å². The van der Waals surface area contributed by atoms with Gasteiger partial charge < -0.3 is 4.90 Å². The van der Waals surface area contributed by atoms with Crippen molar-refractivity contribution in [1.29, 1.82) is 0 Å². The fourth-order valence-corrected chi connectivity index (χ4v) is 3.71. The van der Waals surface area contributed by atoms with Gasteiger partial charge in [-0.15, -0.1) is 0 Å². The molecule has 3 rings (SSSR count). The Balaban J connectivity index is 1.60. The number of hydrogen-bond acceptors (Lipinski definition) is 2. The van der Waals surface area contributed by atoms with Gasteiger partial charge >= 0.3 is 0 Å². The minimum atomic E-state index is 0.158. The Morgan fingerprint density at radius 3 is 2.58 bits per heavy atom. The van der Waals surface area contributed by atoms with Crippen LogP contribution in [0.5, 0.6) is 0 Å². The number of halogens is 1. The van der Waals surface area contributed by atoms with Crippen molar-refractivity contribution in [2.45, 2.75) is 19.9 Å². The molecule has 0 saturated carbocycles. The molecule has 0 unspecified atom stereocenters. The maximum atomic E-state index is 12.7. The quantitative estimate of drug-likeness (QED) is 0.684. The Morgan fingerprint density at radius 1 is 1.04 bits per heavy atom. The number of nitrogens with zero attached hydrogens (tertiary/aromatic N) is 2. The highest BCUT2D eigenvalue weighted by molar-refractivity contribution is 14.1. The molecule has 126 valence electrons. The van der Waals surface area contributed by atoms with Gasteiger partial charge in [-0.2, -0.15) is 0 Å². The van der Waals surface area contributed by atoms with E-state index in [9.17, 15) is 4.79 Å². The van der Waals surface area contributed by atoms with E-state index in [4.69, 9.17) is 0 Å². The fraction of sp³-hybridized carbons (Fsp3) is 0.350. The molecule has 1 aliphatic rings. The van der Waals surface area contributed by atoms with Crippen LogP contribution in [0.3, 0.4) is 0 Å². The first-order valence-corrected chi connectivity index (χ1v) is 9.52. The summed E-state index contributed by atoms with van der Waals surface area (Å²) in [4.78, 5) is 17.1. The molecule has 3 nitrogen and oxygen atoms in total. The fourth-order valence-electron chi connectivity index (χ4n) is 3.10. The van der Waals surface area contributed by atoms with Gasteiger partial charge in [-0.3, -0.25) is 9.69 Å². The van der Waals surface area contributed by atoms with Crippen LogP contribution in [0.4, 0.5) is 0 Å². The molecule has 4 heteroatoms. The molecule has 1 fully saturated rings. The van der Waals surface area contributed by atoms with Crippen LogP contribution in [0.15, 0.2) is 48.5 Å². The van der Waals surface area contributed by atoms with Gasteiger partial charge in [0.05, 0.1) is 0 Å². The number of amides is 1. The Labute approximate surface area is 157 Å². The summed E-state index contributed by atoms with van der Waals surface area (Å²) in [5.74, 6) is 0.158. The summed E-state index contributed by atoms with van der Waals surface area (Å²) in [6, 6.07) is 16.5. The van der Waals surface area contributed by atoms with E-state index in [-0.39, 0.29) is 5.91 Å². The predicted molar refractivity (Wildman–Crippen MR) is 106 cm³/mol. The van der Waals surface area contributed by atoms with Gasteiger partial charge in [0.2, 0.25) is 0 Å². The van der Waals surface area contributed by atoms with Gasteiger partial charge in [-0.1, -0.05) is 29.8 Å². The second-order valence-corrected chi connectivity index (χ2v) is 7.66. The standard InChI is InChI=1S/C20H23IN2O/c1-16-6-8-18(9-7-16)20(24)23-11-3-10-22(12-13-23)15-17-4-2-5-19(21)14-17/h2,4-9,14H,3,10-13,15H2,1H3. The van der Waals surface area contributed by atoms with E-state index in [1.165, 1.54) is 14.7 Å². The lowest BCUT2D eigenvalue weighted by Crippen LogP contribution is -2.35. The molecule has 1 amide bonds. The smallest absolute Gasteiger partial charge is 0.253 e. The van der Waals surface area contributed by atoms with Crippen molar-refractivity contribution >= 4 is 28.5 Å². The van der Waals surface area contributed by atoms with E-state index in [1.807, 2.05) is 36.1 Å². The van der Waals surface area contributed by atoms with Crippen LogP contribution in [0, 0.1) is 10.5 Å². The van der Waals surface area contributed by atoms with Gasteiger partial charge in [0.15, 0.2) is 0 Å². The molecular formula is C20H23IN2O. The number of aryl methyl sites for hydroxylation is 1. The van der Waals surface area contributed by atoms with E-state index in [1.54, 1.807) is 0 Å². The van der Waals surface area contributed by atoms with Gasteiger partial charge in [0.1, 0.15) is 0 Å². The predicted octanol–water partition coefficient (Wildman–Crippen LogP) is 3.95. The van der Waals surface area contributed by atoms with Crippen molar-refractivity contribution in [3.63, 3.8) is 0 Å². The number of benzene rings is 2. The first kappa shape index (κ1) is 17.4. The third-order valence-electron chi connectivity index (χ3n) is 4.47. The van der Waals surface area contributed by atoms with Crippen molar-refractivity contribution in [3.8, 4) is 0 Å². The van der Waals surface area contributed by atoms with E-state index in [2.05, 4.69) is 51.8 Å². The molecule has 1 saturated heterocycles. The second-order valence-electron chi connectivity index (χ2n) is 6.42. The molecule has 0 bridgehead atoms. The van der Waals surface area contributed by atoms with Crippen LogP contribution in [-0.2, 0) is 6.54 Å². The van der Waals surface area contributed by atoms with Crippen LogP contribution >= 0.6 is 22.6 Å². The first-order chi connectivity index (χ1) is 11.6. The average molecular weight is 434 g/mol. The summed E-state index contributed by atoms with van der Waals surface area (Å²) in [6.45, 7) is 6.63. The summed E-state index contributed by atoms with van der Waals surface area (Å²) in [7, 11) is 0. The summed E-state index contributed by atoms with van der Waals surface area (Å²) >= 11 is 2.36. The lowest BCUT2D eigenvalue weighted by Gasteiger charge is -2.22. The molecule has 1 heterocycles. The largest absolute Gasteiger partial charge is 0.337 e. The molecule has 2 aromatic carbocycles. The average Bonchev–Trinajstić information content (AvgIpc) is 2.81. The minimum absolute atomic E-state index is 0.158. The molecular weight excluding hydrogens is 411 g/mol. The number of rotatable bonds is 3. The first-order valence-electron chi connectivity index (χ1n) is 8.44. The summed E-state index contributed by atoms with van der Waals surface area (Å²) in [5.41, 5.74) is 3.33. The monoisotopic (exact) mass is 434 g/mol. The normalized spacial score (nSPS) is 16.0. The zero-order valence-electron chi connectivity index (χ0n) is 14.0. The van der Waals surface area contributed by atoms with Crippen molar-refractivity contribution in [3.05, 3.63) is 68.8 Å². The van der Waals surface area contributed by atoms with E-state index >= 15 is 0 Å². The van der Waals surface area contributed by atoms with Gasteiger partial charge in [-0.05, 0) is 65.8 Å². The Hall–Kier alpha value is -1.40. The SMILES string of the molecule is Cc1ccc(C(=O)N2CCCN(Cc3cccc(I)c3)CC2)cc1. The highest BCUT2D eigenvalue weighted by Gasteiger charge is 2.20. The van der Waals surface area contributed by atoms with Crippen LogP contribution < -0.4 is 0 Å². The number of carbonyl (C=O) groups excluding carboxylic acids is 1. The Morgan fingerprint density at radius 2 is 1.83 bits per heavy atom. The Bertz CT molecular complexity index is 699. The minimum Gasteiger partial charge on any atom is -0.337 e. The van der Waals surface area contributed by atoms with Crippen LogP contribution in [0.1, 0.15) is 27.9 Å². The highest BCUT2D eigenvalue weighted by Crippen LogP contribution is 2.14. The van der Waals surface area contributed by atoms with Crippen LogP contribution in [0.2, 0.25) is 0 Å². The van der Waals surface area contributed by atoms with Gasteiger partial charge in [0, 0.05) is 41.9 Å². The highest BCUT2D eigenvalue weighted by atomic mass is 127. The zero-order chi connectivity index (χ0) is 16.9. The maximum absolute atomic E-state index is 12.7. The van der Waals surface area contributed by atoms with Crippen molar-refractivity contribution in [2.75, 3.05) is 26.2 Å². The molecule has 0 aliphatic carbocycles. The van der Waals surface area contributed by atoms with E-state index in [0.29, 0.717) is 0 Å².